The van der Waals surface area contributed by atoms with Gasteiger partial charge in [-0.05, 0) is 30.5 Å². The second-order valence-corrected chi connectivity index (χ2v) is 6.79. The Labute approximate surface area is 114 Å². The molecule has 2 N–H and O–H groups in total. The van der Waals surface area contributed by atoms with Gasteiger partial charge in [0, 0.05) is 17.4 Å². The number of hydrogen-bond acceptors (Lipinski definition) is 3. The first kappa shape index (κ1) is 12.7. The molecule has 0 saturated heterocycles. The molecule has 0 bridgehead atoms. The van der Waals surface area contributed by atoms with Gasteiger partial charge in [-0.3, -0.25) is 0 Å². The average Bonchev–Trinajstić information content (AvgIpc) is 2.71. The van der Waals surface area contributed by atoms with E-state index in [-0.39, 0.29) is 10.8 Å². The van der Waals surface area contributed by atoms with Gasteiger partial charge in [0.25, 0.3) is 0 Å². The van der Waals surface area contributed by atoms with Crippen molar-refractivity contribution >= 4 is 11.1 Å². The second kappa shape index (κ2) is 4.07. The molecule has 1 aromatic carbocycles. The lowest BCUT2D eigenvalue weighted by molar-refractivity contribution is 0.253. The minimum atomic E-state index is -0.0544. The van der Waals surface area contributed by atoms with Crippen molar-refractivity contribution in [2.24, 2.45) is 5.73 Å². The fourth-order valence-electron chi connectivity index (χ4n) is 2.79. The molecule has 19 heavy (non-hydrogen) atoms. The Kier molecular flexibility index (Phi) is 2.72. The van der Waals surface area contributed by atoms with Crippen LogP contribution >= 0.6 is 0 Å². The molecule has 0 aliphatic heterocycles. The van der Waals surface area contributed by atoms with E-state index in [4.69, 9.17) is 10.2 Å². The first-order valence-electron chi connectivity index (χ1n) is 7.06. The zero-order chi connectivity index (χ0) is 13.7. The van der Waals surface area contributed by atoms with Crippen LogP contribution in [-0.4, -0.2) is 11.5 Å². The third kappa shape index (κ3) is 1.96. The van der Waals surface area contributed by atoms with Crippen molar-refractivity contribution < 1.29 is 4.42 Å². The number of aromatic nitrogens is 1. The van der Waals surface area contributed by atoms with Gasteiger partial charge in [0.1, 0.15) is 5.52 Å². The summed E-state index contributed by atoms with van der Waals surface area (Å²) in [6.07, 6.45) is 3.67. The van der Waals surface area contributed by atoms with Crippen molar-refractivity contribution in [3.8, 4) is 0 Å². The molecule has 0 spiro atoms. The highest BCUT2D eigenvalue weighted by Crippen LogP contribution is 2.43. The van der Waals surface area contributed by atoms with Gasteiger partial charge in [-0.15, -0.1) is 0 Å². The van der Waals surface area contributed by atoms with E-state index in [0.29, 0.717) is 0 Å². The smallest absolute Gasteiger partial charge is 0.200 e. The van der Waals surface area contributed by atoms with Crippen LogP contribution in [0.1, 0.15) is 51.5 Å². The first-order chi connectivity index (χ1) is 8.94. The maximum atomic E-state index is 5.98. The summed E-state index contributed by atoms with van der Waals surface area (Å²) >= 11 is 0. The number of benzene rings is 1. The van der Waals surface area contributed by atoms with Crippen molar-refractivity contribution in [2.45, 2.75) is 50.9 Å². The molecule has 102 valence electrons. The minimum Gasteiger partial charge on any atom is -0.440 e. The summed E-state index contributed by atoms with van der Waals surface area (Å²) in [5, 5.41) is 0. The highest BCUT2D eigenvalue weighted by Gasteiger charge is 2.37. The maximum absolute atomic E-state index is 5.98. The summed E-state index contributed by atoms with van der Waals surface area (Å²) in [5.74, 6) is 0.801. The van der Waals surface area contributed by atoms with Gasteiger partial charge in [0.15, 0.2) is 5.58 Å². The molecule has 1 aliphatic rings. The Hall–Kier alpha value is -1.35. The van der Waals surface area contributed by atoms with Crippen molar-refractivity contribution in [3.05, 3.63) is 29.7 Å². The van der Waals surface area contributed by atoms with Crippen LogP contribution in [0, 0.1) is 0 Å². The van der Waals surface area contributed by atoms with Crippen LogP contribution in [0.5, 0.6) is 0 Å². The van der Waals surface area contributed by atoms with E-state index in [1.54, 1.807) is 0 Å². The van der Waals surface area contributed by atoms with Crippen LogP contribution in [0.2, 0.25) is 0 Å². The van der Waals surface area contributed by atoms with Gasteiger partial charge in [-0.2, -0.15) is 0 Å². The molecule has 2 aromatic rings. The summed E-state index contributed by atoms with van der Waals surface area (Å²) in [4.78, 5) is 4.64. The Bertz CT molecular complexity index is 597. The van der Waals surface area contributed by atoms with Crippen LogP contribution in [0.15, 0.2) is 22.6 Å². The number of fused-ring (bicyclic) bond motifs is 1. The molecule has 3 nitrogen and oxygen atoms in total. The second-order valence-electron chi connectivity index (χ2n) is 6.79. The summed E-state index contributed by atoms with van der Waals surface area (Å²) in [5.41, 5.74) is 9.27. The molecule has 1 heterocycles. The SMILES string of the molecule is CC(C)(C)c1nc2cc(C3(CN)CCC3)ccc2o1. The molecule has 3 rings (SSSR count). The number of nitrogens with two attached hydrogens (primary N) is 1. The predicted molar refractivity (Wildman–Crippen MR) is 77.3 cm³/mol. The van der Waals surface area contributed by atoms with Crippen LogP contribution in [-0.2, 0) is 10.8 Å². The van der Waals surface area contributed by atoms with E-state index in [0.717, 1.165) is 23.5 Å². The Morgan fingerprint density at radius 3 is 2.58 bits per heavy atom. The molecule has 0 radical (unpaired) electrons. The van der Waals surface area contributed by atoms with E-state index in [9.17, 15) is 0 Å². The van der Waals surface area contributed by atoms with E-state index in [1.807, 2.05) is 6.07 Å². The van der Waals surface area contributed by atoms with E-state index in [2.05, 4.69) is 37.9 Å². The fraction of sp³-hybridized carbons (Fsp3) is 0.562. The molecule has 1 aliphatic carbocycles. The number of oxazole rings is 1. The monoisotopic (exact) mass is 258 g/mol. The summed E-state index contributed by atoms with van der Waals surface area (Å²) < 4.78 is 5.84. The zero-order valence-electron chi connectivity index (χ0n) is 12.0. The van der Waals surface area contributed by atoms with Crippen molar-refractivity contribution in [3.63, 3.8) is 0 Å². The number of hydrogen-bond donors (Lipinski definition) is 1. The number of nitrogens with zero attached hydrogens (tertiary/aromatic N) is 1. The number of rotatable bonds is 2. The van der Waals surface area contributed by atoms with Gasteiger partial charge < -0.3 is 10.2 Å². The zero-order valence-corrected chi connectivity index (χ0v) is 12.0. The highest BCUT2D eigenvalue weighted by molar-refractivity contribution is 5.74. The molecule has 3 heteroatoms. The molecule has 0 amide bonds. The largest absolute Gasteiger partial charge is 0.440 e. The Morgan fingerprint density at radius 1 is 1.32 bits per heavy atom. The third-order valence-electron chi connectivity index (χ3n) is 4.34. The van der Waals surface area contributed by atoms with Gasteiger partial charge >= 0.3 is 0 Å². The lowest BCUT2D eigenvalue weighted by Gasteiger charge is -2.41. The third-order valence-corrected chi connectivity index (χ3v) is 4.34. The molecule has 0 atom stereocenters. The molecule has 1 fully saturated rings. The van der Waals surface area contributed by atoms with Gasteiger partial charge in [0.05, 0.1) is 0 Å². The Morgan fingerprint density at radius 2 is 2.05 bits per heavy atom. The van der Waals surface area contributed by atoms with Crippen molar-refractivity contribution in [1.29, 1.82) is 0 Å². The molecule has 0 unspecified atom stereocenters. The van der Waals surface area contributed by atoms with Gasteiger partial charge in [-0.25, -0.2) is 4.98 Å². The normalized spacial score (nSPS) is 18.5. The predicted octanol–water partition coefficient (Wildman–Crippen LogP) is 3.51. The average molecular weight is 258 g/mol. The minimum absolute atomic E-state index is 0.0544. The summed E-state index contributed by atoms with van der Waals surface area (Å²) in [6, 6.07) is 6.37. The Balaban J connectivity index is 2.06. The molecule has 1 aromatic heterocycles. The topological polar surface area (TPSA) is 52.0 Å². The summed E-state index contributed by atoms with van der Waals surface area (Å²) in [7, 11) is 0. The van der Waals surface area contributed by atoms with Crippen LogP contribution < -0.4 is 5.73 Å². The maximum Gasteiger partial charge on any atom is 0.200 e. The quantitative estimate of drug-likeness (QED) is 0.896. The standard InChI is InChI=1S/C16H22N2O/c1-15(2,3)14-18-12-9-11(5-6-13(12)19-14)16(10-17)7-4-8-16/h5-6,9H,4,7-8,10,17H2,1-3H3. The van der Waals surface area contributed by atoms with Crippen LogP contribution in [0.25, 0.3) is 11.1 Å². The van der Waals surface area contributed by atoms with Crippen LogP contribution in [0.4, 0.5) is 0 Å². The lowest BCUT2D eigenvalue weighted by Crippen LogP contribution is -2.41. The molecular weight excluding hydrogens is 236 g/mol. The van der Waals surface area contributed by atoms with Gasteiger partial charge in [-0.1, -0.05) is 33.3 Å². The van der Waals surface area contributed by atoms with Crippen molar-refractivity contribution in [2.75, 3.05) is 6.54 Å². The van der Waals surface area contributed by atoms with E-state index < -0.39 is 0 Å². The molecular formula is C16H22N2O. The highest BCUT2D eigenvalue weighted by atomic mass is 16.3. The van der Waals surface area contributed by atoms with Crippen molar-refractivity contribution in [1.82, 2.24) is 4.98 Å². The van der Waals surface area contributed by atoms with E-state index >= 15 is 0 Å². The molecule has 1 saturated carbocycles. The van der Waals surface area contributed by atoms with Gasteiger partial charge in [0.2, 0.25) is 5.89 Å². The summed E-state index contributed by atoms with van der Waals surface area (Å²) in [6.45, 7) is 7.08. The van der Waals surface area contributed by atoms with E-state index in [1.165, 1.54) is 24.8 Å². The van der Waals surface area contributed by atoms with Crippen LogP contribution in [0.3, 0.4) is 0 Å². The fourth-order valence-corrected chi connectivity index (χ4v) is 2.79. The first-order valence-corrected chi connectivity index (χ1v) is 7.06. The lowest BCUT2D eigenvalue weighted by atomic mass is 9.64.